The van der Waals surface area contributed by atoms with Gasteiger partial charge in [0.05, 0.1) is 11.7 Å². The van der Waals surface area contributed by atoms with Crippen molar-refractivity contribution in [1.29, 1.82) is 5.26 Å². The molecule has 1 rings (SSSR count). The van der Waals surface area contributed by atoms with E-state index in [9.17, 15) is 4.79 Å². The Morgan fingerprint density at radius 3 is 2.80 bits per heavy atom. The van der Waals surface area contributed by atoms with E-state index >= 15 is 0 Å². The highest BCUT2D eigenvalue weighted by molar-refractivity contribution is 5.72. The molecule has 0 unspecified atom stereocenters. The van der Waals surface area contributed by atoms with E-state index in [2.05, 4.69) is 5.32 Å². The van der Waals surface area contributed by atoms with Gasteiger partial charge in [0.25, 0.3) is 0 Å². The maximum absolute atomic E-state index is 10.2. The Morgan fingerprint density at radius 1 is 1.53 bits per heavy atom. The van der Waals surface area contributed by atoms with Crippen LogP contribution < -0.4 is 10.1 Å². The van der Waals surface area contributed by atoms with Crippen molar-refractivity contribution in [1.82, 2.24) is 0 Å². The van der Waals surface area contributed by atoms with Gasteiger partial charge in [-0.15, -0.1) is 0 Å². The summed E-state index contributed by atoms with van der Waals surface area (Å²) in [5.41, 5.74) is 0.994. The third-order valence-electron chi connectivity index (χ3n) is 1.69. The lowest BCUT2D eigenvalue weighted by Gasteiger charge is -2.11. The SMILES string of the molecule is CC(C)Oc1ccc(NC=O)cc1C#N. The highest BCUT2D eigenvalue weighted by Crippen LogP contribution is 2.22. The first-order chi connectivity index (χ1) is 7.17. The second kappa shape index (κ2) is 5.01. The molecule has 0 aliphatic carbocycles. The van der Waals surface area contributed by atoms with E-state index in [1.54, 1.807) is 18.2 Å². The van der Waals surface area contributed by atoms with Crippen molar-refractivity contribution < 1.29 is 9.53 Å². The molecule has 0 bridgehead atoms. The van der Waals surface area contributed by atoms with E-state index in [4.69, 9.17) is 10.00 Å². The third kappa shape index (κ3) is 2.99. The number of hydrogen-bond donors (Lipinski definition) is 1. The third-order valence-corrected chi connectivity index (χ3v) is 1.69. The van der Waals surface area contributed by atoms with Gasteiger partial charge in [-0.25, -0.2) is 0 Å². The smallest absolute Gasteiger partial charge is 0.211 e. The quantitative estimate of drug-likeness (QED) is 0.762. The van der Waals surface area contributed by atoms with E-state index in [1.807, 2.05) is 19.9 Å². The van der Waals surface area contributed by atoms with Crippen molar-refractivity contribution in [3.8, 4) is 11.8 Å². The Labute approximate surface area is 88.5 Å². The van der Waals surface area contributed by atoms with Crippen LogP contribution in [-0.4, -0.2) is 12.5 Å². The molecule has 0 fully saturated rings. The second-order valence-corrected chi connectivity index (χ2v) is 3.25. The number of carbonyl (C=O) groups is 1. The summed E-state index contributed by atoms with van der Waals surface area (Å²) in [5, 5.41) is 11.4. The molecule has 0 atom stereocenters. The summed E-state index contributed by atoms with van der Waals surface area (Å²) in [4.78, 5) is 10.2. The molecule has 0 aliphatic heterocycles. The summed E-state index contributed by atoms with van der Waals surface area (Å²) < 4.78 is 5.43. The fourth-order valence-corrected chi connectivity index (χ4v) is 1.13. The van der Waals surface area contributed by atoms with Crippen LogP contribution in [0.5, 0.6) is 5.75 Å². The van der Waals surface area contributed by atoms with E-state index in [-0.39, 0.29) is 6.10 Å². The number of hydrogen-bond acceptors (Lipinski definition) is 3. The van der Waals surface area contributed by atoms with Crippen LogP contribution in [0, 0.1) is 11.3 Å². The molecule has 4 heteroatoms. The molecule has 0 radical (unpaired) electrons. The van der Waals surface area contributed by atoms with Gasteiger partial charge < -0.3 is 10.1 Å². The summed E-state index contributed by atoms with van der Waals surface area (Å²) in [6.45, 7) is 3.78. The molecule has 1 N–H and O–H groups in total. The maximum Gasteiger partial charge on any atom is 0.211 e. The first-order valence-electron chi connectivity index (χ1n) is 4.58. The van der Waals surface area contributed by atoms with Gasteiger partial charge in [0, 0.05) is 5.69 Å². The van der Waals surface area contributed by atoms with Crippen LogP contribution in [0.4, 0.5) is 5.69 Å². The lowest BCUT2D eigenvalue weighted by Crippen LogP contribution is -2.07. The molecule has 1 aromatic carbocycles. The molecular weight excluding hydrogens is 192 g/mol. The monoisotopic (exact) mass is 204 g/mol. The summed E-state index contributed by atoms with van der Waals surface area (Å²) in [7, 11) is 0. The number of amides is 1. The Bertz CT molecular complexity index is 394. The zero-order valence-electron chi connectivity index (χ0n) is 8.65. The Kier molecular flexibility index (Phi) is 3.69. The van der Waals surface area contributed by atoms with Crippen molar-refractivity contribution in [2.75, 3.05) is 5.32 Å². The summed E-state index contributed by atoms with van der Waals surface area (Å²) in [6.07, 6.45) is 0.585. The van der Waals surface area contributed by atoms with Gasteiger partial charge >= 0.3 is 0 Å². The van der Waals surface area contributed by atoms with Gasteiger partial charge in [0.2, 0.25) is 6.41 Å². The standard InChI is InChI=1S/C11H12N2O2/c1-8(2)15-11-4-3-10(13-7-14)5-9(11)6-12/h3-5,7-8H,1-2H3,(H,13,14). The lowest BCUT2D eigenvalue weighted by molar-refractivity contribution is -0.105. The fourth-order valence-electron chi connectivity index (χ4n) is 1.13. The first kappa shape index (κ1) is 11.1. The zero-order valence-corrected chi connectivity index (χ0v) is 8.65. The summed E-state index contributed by atoms with van der Waals surface area (Å²) in [6, 6.07) is 6.95. The molecule has 0 aromatic heterocycles. The van der Waals surface area contributed by atoms with E-state index in [0.29, 0.717) is 23.4 Å². The molecule has 15 heavy (non-hydrogen) atoms. The molecule has 1 aromatic rings. The van der Waals surface area contributed by atoms with Gasteiger partial charge in [-0.3, -0.25) is 4.79 Å². The summed E-state index contributed by atoms with van der Waals surface area (Å²) in [5.74, 6) is 0.531. The largest absolute Gasteiger partial charge is 0.490 e. The topological polar surface area (TPSA) is 62.1 Å². The minimum atomic E-state index is 0.0157. The first-order valence-corrected chi connectivity index (χ1v) is 4.58. The van der Waals surface area contributed by atoms with Crippen molar-refractivity contribution in [2.24, 2.45) is 0 Å². The molecule has 0 heterocycles. The maximum atomic E-state index is 10.2. The Balaban J connectivity index is 2.99. The normalized spacial score (nSPS) is 9.47. The van der Waals surface area contributed by atoms with Crippen LogP contribution in [0.1, 0.15) is 19.4 Å². The van der Waals surface area contributed by atoms with Crippen LogP contribution in [0.15, 0.2) is 18.2 Å². The second-order valence-electron chi connectivity index (χ2n) is 3.25. The highest BCUT2D eigenvalue weighted by Gasteiger charge is 2.05. The number of ether oxygens (including phenoxy) is 1. The van der Waals surface area contributed by atoms with Gasteiger partial charge in [-0.05, 0) is 32.0 Å². The Morgan fingerprint density at radius 2 is 2.27 bits per heavy atom. The number of rotatable bonds is 4. The molecule has 0 aliphatic rings. The van der Waals surface area contributed by atoms with Crippen molar-refractivity contribution in [3.63, 3.8) is 0 Å². The van der Waals surface area contributed by atoms with E-state index < -0.39 is 0 Å². The Hall–Kier alpha value is -2.02. The molecule has 0 saturated carbocycles. The zero-order chi connectivity index (χ0) is 11.3. The van der Waals surface area contributed by atoms with Gasteiger partial charge in [-0.2, -0.15) is 5.26 Å². The number of benzene rings is 1. The van der Waals surface area contributed by atoms with Crippen molar-refractivity contribution in [3.05, 3.63) is 23.8 Å². The average Bonchev–Trinajstić information content (AvgIpc) is 2.20. The van der Waals surface area contributed by atoms with Crippen LogP contribution in [0.3, 0.4) is 0 Å². The van der Waals surface area contributed by atoms with Gasteiger partial charge in [0.15, 0.2) is 0 Å². The number of anilines is 1. The van der Waals surface area contributed by atoms with Crippen LogP contribution in [0.25, 0.3) is 0 Å². The van der Waals surface area contributed by atoms with Crippen LogP contribution in [0.2, 0.25) is 0 Å². The molecular formula is C11H12N2O2. The van der Waals surface area contributed by atoms with Gasteiger partial charge in [0.1, 0.15) is 11.8 Å². The van der Waals surface area contributed by atoms with Crippen molar-refractivity contribution in [2.45, 2.75) is 20.0 Å². The molecule has 0 saturated heterocycles. The van der Waals surface area contributed by atoms with E-state index in [1.165, 1.54) is 0 Å². The predicted molar refractivity (Wildman–Crippen MR) is 56.6 cm³/mol. The highest BCUT2D eigenvalue weighted by atomic mass is 16.5. The average molecular weight is 204 g/mol. The molecule has 0 spiro atoms. The minimum absolute atomic E-state index is 0.0157. The number of carbonyl (C=O) groups excluding carboxylic acids is 1. The van der Waals surface area contributed by atoms with Crippen LogP contribution >= 0.6 is 0 Å². The number of nitriles is 1. The van der Waals surface area contributed by atoms with E-state index in [0.717, 1.165) is 0 Å². The van der Waals surface area contributed by atoms with Crippen LogP contribution in [-0.2, 0) is 4.79 Å². The van der Waals surface area contributed by atoms with Crippen molar-refractivity contribution >= 4 is 12.1 Å². The number of nitrogens with one attached hydrogen (secondary N) is 1. The lowest BCUT2D eigenvalue weighted by atomic mass is 10.2. The fraction of sp³-hybridized carbons (Fsp3) is 0.273. The molecule has 78 valence electrons. The minimum Gasteiger partial charge on any atom is -0.490 e. The predicted octanol–water partition coefficient (Wildman–Crippen LogP) is 1.91. The molecule has 1 amide bonds. The molecule has 4 nitrogen and oxygen atoms in total. The number of nitrogens with zero attached hydrogens (tertiary/aromatic N) is 1. The van der Waals surface area contributed by atoms with Gasteiger partial charge in [-0.1, -0.05) is 0 Å². The summed E-state index contributed by atoms with van der Waals surface area (Å²) >= 11 is 0.